The highest BCUT2D eigenvalue weighted by Gasteiger charge is 2.10. The van der Waals surface area contributed by atoms with Crippen molar-refractivity contribution in [3.63, 3.8) is 0 Å². The van der Waals surface area contributed by atoms with E-state index in [4.69, 9.17) is 11.6 Å². The van der Waals surface area contributed by atoms with Gasteiger partial charge in [-0.2, -0.15) is 0 Å². The Kier molecular flexibility index (Phi) is 7.04. The zero-order valence-electron chi connectivity index (χ0n) is 11.7. The zero-order chi connectivity index (χ0) is 15.0. The normalized spacial score (nSPS) is 11.8. The lowest BCUT2D eigenvalue weighted by atomic mass is 10.1. The van der Waals surface area contributed by atoms with Gasteiger partial charge < -0.3 is 16.0 Å². The van der Waals surface area contributed by atoms with Crippen LogP contribution in [-0.2, 0) is 9.59 Å². The molecule has 110 valence electrons. The SMILES string of the molecule is CC(=O)NCCNC(=O)CN[C@@H](C)c1ccccc1Cl. The predicted molar refractivity (Wildman–Crippen MR) is 79.6 cm³/mol. The van der Waals surface area contributed by atoms with Crippen molar-refractivity contribution < 1.29 is 9.59 Å². The van der Waals surface area contributed by atoms with Gasteiger partial charge in [0.15, 0.2) is 0 Å². The maximum absolute atomic E-state index is 11.6. The van der Waals surface area contributed by atoms with Crippen LogP contribution in [0.2, 0.25) is 5.02 Å². The summed E-state index contributed by atoms with van der Waals surface area (Å²) in [5.41, 5.74) is 0.959. The van der Waals surface area contributed by atoms with Crippen molar-refractivity contribution in [1.82, 2.24) is 16.0 Å². The largest absolute Gasteiger partial charge is 0.355 e. The molecule has 0 aliphatic carbocycles. The lowest BCUT2D eigenvalue weighted by Crippen LogP contribution is -2.39. The van der Waals surface area contributed by atoms with Gasteiger partial charge in [0, 0.05) is 31.1 Å². The molecule has 0 saturated heterocycles. The molecule has 5 nitrogen and oxygen atoms in total. The molecule has 20 heavy (non-hydrogen) atoms. The molecule has 0 fully saturated rings. The topological polar surface area (TPSA) is 70.2 Å². The quantitative estimate of drug-likeness (QED) is 0.663. The van der Waals surface area contributed by atoms with E-state index in [1.807, 2.05) is 31.2 Å². The summed E-state index contributed by atoms with van der Waals surface area (Å²) in [5, 5.41) is 9.10. The average molecular weight is 298 g/mol. The first kappa shape index (κ1) is 16.5. The predicted octanol–water partition coefficient (Wildman–Crippen LogP) is 1.24. The van der Waals surface area contributed by atoms with Crippen molar-refractivity contribution in [2.45, 2.75) is 19.9 Å². The van der Waals surface area contributed by atoms with Crippen LogP contribution in [0.3, 0.4) is 0 Å². The molecule has 1 aromatic carbocycles. The van der Waals surface area contributed by atoms with Gasteiger partial charge in [0.25, 0.3) is 0 Å². The van der Waals surface area contributed by atoms with Gasteiger partial charge in [-0.3, -0.25) is 9.59 Å². The zero-order valence-corrected chi connectivity index (χ0v) is 12.5. The number of hydrogen-bond acceptors (Lipinski definition) is 3. The van der Waals surface area contributed by atoms with Crippen molar-refractivity contribution in [2.24, 2.45) is 0 Å². The van der Waals surface area contributed by atoms with Gasteiger partial charge in [0.2, 0.25) is 11.8 Å². The number of halogens is 1. The molecular weight excluding hydrogens is 278 g/mol. The van der Waals surface area contributed by atoms with E-state index >= 15 is 0 Å². The van der Waals surface area contributed by atoms with Crippen molar-refractivity contribution in [1.29, 1.82) is 0 Å². The van der Waals surface area contributed by atoms with Crippen LogP contribution in [0.25, 0.3) is 0 Å². The molecule has 1 aromatic rings. The average Bonchev–Trinajstić information content (AvgIpc) is 2.41. The number of benzene rings is 1. The van der Waals surface area contributed by atoms with Gasteiger partial charge in [0.1, 0.15) is 0 Å². The number of rotatable bonds is 7. The summed E-state index contributed by atoms with van der Waals surface area (Å²) in [7, 11) is 0. The second-order valence-corrected chi connectivity index (χ2v) is 4.86. The van der Waals surface area contributed by atoms with E-state index in [-0.39, 0.29) is 24.4 Å². The Morgan fingerprint density at radius 3 is 2.50 bits per heavy atom. The first-order valence-corrected chi connectivity index (χ1v) is 6.87. The molecule has 0 aliphatic heterocycles. The van der Waals surface area contributed by atoms with Crippen LogP contribution in [0.1, 0.15) is 25.5 Å². The van der Waals surface area contributed by atoms with Crippen molar-refractivity contribution in [3.8, 4) is 0 Å². The van der Waals surface area contributed by atoms with E-state index in [0.717, 1.165) is 5.56 Å². The summed E-state index contributed by atoms with van der Waals surface area (Å²) in [4.78, 5) is 22.2. The molecule has 0 heterocycles. The molecule has 2 amide bonds. The summed E-state index contributed by atoms with van der Waals surface area (Å²) in [5.74, 6) is -0.223. The van der Waals surface area contributed by atoms with E-state index in [2.05, 4.69) is 16.0 Å². The Labute approximate surface area is 124 Å². The molecule has 1 atom stereocenters. The summed E-state index contributed by atoms with van der Waals surface area (Å²) < 4.78 is 0. The number of hydrogen-bond donors (Lipinski definition) is 3. The fraction of sp³-hybridized carbons (Fsp3) is 0.429. The standard InChI is InChI=1S/C14H20ClN3O2/c1-10(12-5-3-4-6-13(12)15)18-9-14(20)17-8-7-16-11(2)19/h3-6,10,18H,7-9H2,1-2H3,(H,16,19)(H,17,20)/t10-/m0/s1. The molecule has 0 aliphatic rings. The maximum Gasteiger partial charge on any atom is 0.234 e. The Hall–Kier alpha value is -1.59. The molecule has 0 unspecified atom stereocenters. The van der Waals surface area contributed by atoms with Gasteiger partial charge in [-0.05, 0) is 18.6 Å². The third-order valence-electron chi connectivity index (χ3n) is 2.76. The minimum absolute atomic E-state index is 0.00945. The van der Waals surface area contributed by atoms with Crippen LogP contribution in [-0.4, -0.2) is 31.4 Å². The highest BCUT2D eigenvalue weighted by atomic mass is 35.5. The monoisotopic (exact) mass is 297 g/mol. The van der Waals surface area contributed by atoms with E-state index in [1.54, 1.807) is 0 Å². The molecule has 0 spiro atoms. The van der Waals surface area contributed by atoms with E-state index in [9.17, 15) is 9.59 Å². The number of amides is 2. The van der Waals surface area contributed by atoms with Crippen molar-refractivity contribution in [2.75, 3.05) is 19.6 Å². The van der Waals surface area contributed by atoms with E-state index < -0.39 is 0 Å². The van der Waals surface area contributed by atoms with Gasteiger partial charge >= 0.3 is 0 Å². The number of nitrogens with one attached hydrogen (secondary N) is 3. The lowest BCUT2D eigenvalue weighted by molar-refractivity contribution is -0.121. The van der Waals surface area contributed by atoms with Gasteiger partial charge in [-0.1, -0.05) is 29.8 Å². The Morgan fingerprint density at radius 1 is 1.20 bits per heavy atom. The second-order valence-electron chi connectivity index (χ2n) is 4.46. The number of carbonyl (C=O) groups is 2. The Balaban J connectivity index is 2.27. The van der Waals surface area contributed by atoms with E-state index in [1.165, 1.54) is 6.92 Å². The van der Waals surface area contributed by atoms with Gasteiger partial charge in [-0.25, -0.2) is 0 Å². The summed E-state index contributed by atoms with van der Waals surface area (Å²) >= 11 is 6.09. The van der Waals surface area contributed by atoms with Crippen LogP contribution in [0.15, 0.2) is 24.3 Å². The molecule has 6 heteroatoms. The highest BCUT2D eigenvalue weighted by Crippen LogP contribution is 2.21. The summed E-state index contributed by atoms with van der Waals surface area (Å²) in [6.45, 7) is 4.44. The van der Waals surface area contributed by atoms with Gasteiger partial charge in [0.05, 0.1) is 6.54 Å². The molecular formula is C14H20ClN3O2. The summed E-state index contributed by atoms with van der Waals surface area (Å²) in [6.07, 6.45) is 0. The molecule has 0 radical (unpaired) electrons. The van der Waals surface area contributed by atoms with Crippen molar-refractivity contribution in [3.05, 3.63) is 34.9 Å². The van der Waals surface area contributed by atoms with Crippen LogP contribution in [0, 0.1) is 0 Å². The van der Waals surface area contributed by atoms with Crippen LogP contribution in [0.4, 0.5) is 0 Å². The van der Waals surface area contributed by atoms with E-state index in [0.29, 0.717) is 18.1 Å². The first-order valence-electron chi connectivity index (χ1n) is 6.49. The van der Waals surface area contributed by atoms with Crippen molar-refractivity contribution >= 4 is 23.4 Å². The van der Waals surface area contributed by atoms with Gasteiger partial charge in [-0.15, -0.1) is 0 Å². The summed E-state index contributed by atoms with van der Waals surface area (Å²) in [6, 6.07) is 7.52. The van der Waals surface area contributed by atoms with Crippen LogP contribution in [0.5, 0.6) is 0 Å². The van der Waals surface area contributed by atoms with Crippen LogP contribution < -0.4 is 16.0 Å². The molecule has 1 rings (SSSR count). The molecule has 0 aromatic heterocycles. The highest BCUT2D eigenvalue weighted by molar-refractivity contribution is 6.31. The second kappa shape index (κ2) is 8.55. The Bertz CT molecular complexity index is 465. The third kappa shape index (κ3) is 6.04. The van der Waals surface area contributed by atoms with Crippen LogP contribution >= 0.6 is 11.6 Å². The molecule has 3 N–H and O–H groups in total. The maximum atomic E-state index is 11.6. The molecule has 0 saturated carbocycles. The lowest BCUT2D eigenvalue weighted by Gasteiger charge is -2.15. The first-order chi connectivity index (χ1) is 9.50. The smallest absolute Gasteiger partial charge is 0.234 e. The fourth-order valence-electron chi connectivity index (χ4n) is 1.68. The molecule has 0 bridgehead atoms. The fourth-order valence-corrected chi connectivity index (χ4v) is 1.98. The number of carbonyl (C=O) groups excluding carboxylic acids is 2. The Morgan fingerprint density at radius 2 is 1.85 bits per heavy atom. The minimum Gasteiger partial charge on any atom is -0.355 e. The third-order valence-corrected chi connectivity index (χ3v) is 3.11. The minimum atomic E-state index is -0.116.